The van der Waals surface area contributed by atoms with Crippen LogP contribution in [0.4, 0.5) is 0 Å². The molecule has 1 aromatic rings. The first-order valence-corrected chi connectivity index (χ1v) is 7.49. The smallest absolute Gasteiger partial charge is 0.244 e. The Morgan fingerprint density at radius 1 is 1.47 bits per heavy atom. The molecule has 1 rings (SSSR count). The van der Waals surface area contributed by atoms with Gasteiger partial charge in [0.2, 0.25) is 10.0 Å². The molecule has 0 fully saturated rings. The van der Waals surface area contributed by atoms with Crippen LogP contribution in [-0.4, -0.2) is 51.0 Å². The summed E-state index contributed by atoms with van der Waals surface area (Å²) in [6.07, 6.45) is 2.86. The maximum absolute atomic E-state index is 12.2. The number of sulfonamides is 1. The standard InChI is InChI=1S/C11H22N4O3S/c1-11(2,9-18-4)14-19(16,17)10-7-13-15(8-10)6-5-12-3/h7-8,12,14H,5-6,9H2,1-4H3. The Balaban J connectivity index is 2.80. The summed E-state index contributed by atoms with van der Waals surface area (Å²) in [6, 6.07) is 0. The highest BCUT2D eigenvalue weighted by Gasteiger charge is 2.27. The number of ether oxygens (including phenoxy) is 1. The first-order chi connectivity index (χ1) is 8.80. The van der Waals surface area contributed by atoms with Crippen LogP contribution in [-0.2, 0) is 21.3 Å². The molecule has 8 heteroatoms. The summed E-state index contributed by atoms with van der Waals surface area (Å²) >= 11 is 0. The zero-order valence-electron chi connectivity index (χ0n) is 11.8. The predicted octanol–water partition coefficient (Wildman–Crippen LogP) is -0.194. The van der Waals surface area contributed by atoms with Gasteiger partial charge in [-0.2, -0.15) is 5.10 Å². The van der Waals surface area contributed by atoms with Gasteiger partial charge >= 0.3 is 0 Å². The fourth-order valence-corrected chi connectivity index (χ4v) is 3.00. The highest BCUT2D eigenvalue weighted by atomic mass is 32.2. The molecule has 0 bridgehead atoms. The Hall–Kier alpha value is -0.960. The molecule has 2 N–H and O–H groups in total. The van der Waals surface area contributed by atoms with Gasteiger partial charge in [0.25, 0.3) is 0 Å². The lowest BCUT2D eigenvalue weighted by Crippen LogP contribution is -2.46. The van der Waals surface area contributed by atoms with Gasteiger partial charge in [0.15, 0.2) is 0 Å². The second kappa shape index (κ2) is 6.47. The molecule has 1 aromatic heterocycles. The summed E-state index contributed by atoms with van der Waals surface area (Å²) in [5.74, 6) is 0. The van der Waals surface area contributed by atoms with Crippen molar-refractivity contribution in [3.05, 3.63) is 12.4 Å². The lowest BCUT2D eigenvalue weighted by molar-refractivity contribution is 0.141. The summed E-state index contributed by atoms with van der Waals surface area (Å²) in [4.78, 5) is 0.160. The van der Waals surface area contributed by atoms with Gasteiger partial charge in [-0.3, -0.25) is 4.68 Å². The highest BCUT2D eigenvalue weighted by Crippen LogP contribution is 2.12. The van der Waals surface area contributed by atoms with Crippen LogP contribution in [0.15, 0.2) is 17.3 Å². The van der Waals surface area contributed by atoms with Crippen LogP contribution < -0.4 is 10.0 Å². The van der Waals surface area contributed by atoms with Gasteiger partial charge in [-0.1, -0.05) is 0 Å². The number of rotatable bonds is 8. The topological polar surface area (TPSA) is 85.2 Å². The van der Waals surface area contributed by atoms with E-state index in [9.17, 15) is 8.42 Å². The molecule has 0 saturated carbocycles. The molecular weight excluding hydrogens is 268 g/mol. The van der Waals surface area contributed by atoms with Gasteiger partial charge in [-0.15, -0.1) is 0 Å². The summed E-state index contributed by atoms with van der Waals surface area (Å²) in [5.41, 5.74) is -0.666. The number of hydrogen-bond donors (Lipinski definition) is 2. The van der Waals surface area contributed by atoms with Crippen molar-refractivity contribution in [1.82, 2.24) is 19.8 Å². The number of likely N-dealkylation sites (N-methyl/N-ethyl adjacent to an activating group) is 1. The average Bonchev–Trinajstić information content (AvgIpc) is 2.73. The largest absolute Gasteiger partial charge is 0.383 e. The molecule has 0 radical (unpaired) electrons. The first kappa shape index (κ1) is 16.1. The van der Waals surface area contributed by atoms with Crippen LogP contribution >= 0.6 is 0 Å². The van der Waals surface area contributed by atoms with E-state index in [2.05, 4.69) is 15.1 Å². The van der Waals surface area contributed by atoms with Crippen molar-refractivity contribution in [1.29, 1.82) is 0 Å². The SMILES string of the molecule is CNCCn1cc(S(=O)(=O)NC(C)(C)COC)cn1. The molecule has 0 saturated heterocycles. The summed E-state index contributed by atoms with van der Waals surface area (Å²) < 4.78 is 33.5. The van der Waals surface area contributed by atoms with Crippen molar-refractivity contribution >= 4 is 10.0 Å². The van der Waals surface area contributed by atoms with Gasteiger partial charge in [0.1, 0.15) is 4.90 Å². The quantitative estimate of drug-likeness (QED) is 0.693. The van der Waals surface area contributed by atoms with Crippen molar-refractivity contribution in [2.75, 3.05) is 27.3 Å². The fraction of sp³-hybridized carbons (Fsp3) is 0.727. The highest BCUT2D eigenvalue weighted by molar-refractivity contribution is 7.89. The number of nitrogens with zero attached hydrogens (tertiary/aromatic N) is 2. The number of methoxy groups -OCH3 is 1. The van der Waals surface area contributed by atoms with Crippen molar-refractivity contribution < 1.29 is 13.2 Å². The molecule has 0 aromatic carbocycles. The lowest BCUT2D eigenvalue weighted by Gasteiger charge is -2.24. The molecule has 0 unspecified atom stereocenters. The van der Waals surface area contributed by atoms with E-state index in [0.29, 0.717) is 13.2 Å². The molecule has 0 aliphatic rings. The Labute approximate surface area is 114 Å². The number of hydrogen-bond acceptors (Lipinski definition) is 5. The van der Waals surface area contributed by atoms with Gasteiger partial charge in [-0.05, 0) is 20.9 Å². The van der Waals surface area contributed by atoms with Gasteiger partial charge in [0.05, 0.1) is 24.9 Å². The van der Waals surface area contributed by atoms with Crippen molar-refractivity contribution in [2.45, 2.75) is 30.8 Å². The zero-order valence-corrected chi connectivity index (χ0v) is 12.6. The monoisotopic (exact) mass is 290 g/mol. The average molecular weight is 290 g/mol. The number of nitrogens with one attached hydrogen (secondary N) is 2. The Bertz CT molecular complexity index is 496. The fourth-order valence-electron chi connectivity index (χ4n) is 1.64. The van der Waals surface area contributed by atoms with Crippen LogP contribution in [0.2, 0.25) is 0 Å². The molecule has 0 aliphatic carbocycles. The van der Waals surface area contributed by atoms with E-state index in [4.69, 9.17) is 4.74 Å². The van der Waals surface area contributed by atoms with Crippen LogP contribution in [0.5, 0.6) is 0 Å². The molecule has 0 amide bonds. The molecule has 0 atom stereocenters. The molecule has 19 heavy (non-hydrogen) atoms. The maximum Gasteiger partial charge on any atom is 0.244 e. The second-order valence-corrected chi connectivity index (χ2v) is 6.65. The molecule has 0 spiro atoms. The minimum absolute atomic E-state index is 0.160. The van der Waals surface area contributed by atoms with E-state index in [1.165, 1.54) is 19.5 Å². The van der Waals surface area contributed by atoms with E-state index in [1.54, 1.807) is 18.5 Å². The third kappa shape index (κ3) is 4.90. The van der Waals surface area contributed by atoms with Crippen LogP contribution in [0.3, 0.4) is 0 Å². The summed E-state index contributed by atoms with van der Waals surface area (Å²) in [7, 11) is -0.215. The molecule has 110 valence electrons. The number of aromatic nitrogens is 2. The van der Waals surface area contributed by atoms with Gasteiger partial charge in [0, 0.05) is 19.9 Å². The van der Waals surface area contributed by atoms with Crippen molar-refractivity contribution in [3.8, 4) is 0 Å². The Kier molecular flexibility index (Phi) is 5.48. The van der Waals surface area contributed by atoms with Gasteiger partial charge < -0.3 is 10.1 Å². The normalized spacial score (nSPS) is 12.8. The zero-order chi connectivity index (χ0) is 14.5. The molecular formula is C11H22N4O3S. The predicted molar refractivity (Wildman–Crippen MR) is 72.4 cm³/mol. The van der Waals surface area contributed by atoms with E-state index in [1.807, 2.05) is 7.05 Å². The van der Waals surface area contributed by atoms with Crippen LogP contribution in [0, 0.1) is 0 Å². The van der Waals surface area contributed by atoms with Crippen molar-refractivity contribution in [2.24, 2.45) is 0 Å². The minimum atomic E-state index is -3.58. The maximum atomic E-state index is 12.2. The third-order valence-corrected chi connectivity index (χ3v) is 4.08. The minimum Gasteiger partial charge on any atom is -0.383 e. The van der Waals surface area contributed by atoms with E-state index < -0.39 is 15.6 Å². The molecule has 7 nitrogen and oxygen atoms in total. The van der Waals surface area contributed by atoms with Gasteiger partial charge in [-0.25, -0.2) is 13.1 Å². The Morgan fingerprint density at radius 2 is 2.16 bits per heavy atom. The molecule has 1 heterocycles. The Morgan fingerprint density at radius 3 is 2.74 bits per heavy atom. The van der Waals surface area contributed by atoms with E-state index >= 15 is 0 Å². The first-order valence-electron chi connectivity index (χ1n) is 6.01. The third-order valence-electron chi connectivity index (χ3n) is 2.43. The summed E-state index contributed by atoms with van der Waals surface area (Å²) in [6.45, 7) is 5.16. The van der Waals surface area contributed by atoms with Crippen LogP contribution in [0.1, 0.15) is 13.8 Å². The summed E-state index contributed by atoms with van der Waals surface area (Å²) in [5, 5.41) is 7.00. The molecule has 0 aliphatic heterocycles. The van der Waals surface area contributed by atoms with E-state index in [0.717, 1.165) is 6.54 Å². The lowest BCUT2D eigenvalue weighted by atomic mass is 10.1. The second-order valence-electron chi connectivity index (χ2n) is 4.97. The van der Waals surface area contributed by atoms with Crippen molar-refractivity contribution in [3.63, 3.8) is 0 Å². The van der Waals surface area contributed by atoms with E-state index in [-0.39, 0.29) is 4.90 Å². The van der Waals surface area contributed by atoms with Crippen LogP contribution in [0.25, 0.3) is 0 Å².